The number of benzene rings is 1. The summed E-state index contributed by atoms with van der Waals surface area (Å²) in [6.45, 7) is 7.94. The highest BCUT2D eigenvalue weighted by atomic mass is 79.9. The molecule has 3 heteroatoms. The third-order valence-electron chi connectivity index (χ3n) is 4.25. The van der Waals surface area contributed by atoms with E-state index in [1.165, 1.54) is 22.9 Å². The molecule has 1 fully saturated rings. The van der Waals surface area contributed by atoms with Crippen LogP contribution in [0.25, 0.3) is 0 Å². The zero-order chi connectivity index (χ0) is 14.0. The number of nitrogens with zero attached hydrogens (tertiary/aromatic N) is 1. The van der Waals surface area contributed by atoms with Crippen molar-refractivity contribution in [3.63, 3.8) is 0 Å². The Kier molecular flexibility index (Phi) is 5.04. The highest BCUT2D eigenvalue weighted by Crippen LogP contribution is 2.35. The van der Waals surface area contributed by atoms with E-state index in [4.69, 9.17) is 5.73 Å². The molecule has 2 nitrogen and oxygen atoms in total. The van der Waals surface area contributed by atoms with Crippen LogP contribution in [0.2, 0.25) is 0 Å². The second kappa shape index (κ2) is 6.38. The van der Waals surface area contributed by atoms with Gasteiger partial charge in [0.05, 0.1) is 6.04 Å². The van der Waals surface area contributed by atoms with Crippen molar-refractivity contribution in [1.29, 1.82) is 0 Å². The minimum Gasteiger partial charge on any atom is -0.326 e. The summed E-state index contributed by atoms with van der Waals surface area (Å²) < 4.78 is 1.17. The maximum absolute atomic E-state index is 6.31. The van der Waals surface area contributed by atoms with Crippen LogP contribution in [0.3, 0.4) is 0 Å². The van der Waals surface area contributed by atoms with Gasteiger partial charge >= 0.3 is 0 Å². The second-order valence-corrected chi connectivity index (χ2v) is 6.91. The molecule has 2 N–H and O–H groups in total. The van der Waals surface area contributed by atoms with E-state index in [0.717, 1.165) is 12.5 Å². The smallest absolute Gasteiger partial charge is 0.0510 e. The summed E-state index contributed by atoms with van der Waals surface area (Å²) in [4.78, 5) is 2.60. The predicted molar refractivity (Wildman–Crippen MR) is 85.1 cm³/mol. The summed E-state index contributed by atoms with van der Waals surface area (Å²) in [5.74, 6) is 0.764. The Morgan fingerprint density at radius 3 is 2.58 bits per heavy atom. The lowest BCUT2D eigenvalue weighted by molar-refractivity contribution is 0.0657. The normalized spacial score (nSPS) is 28.1. The summed E-state index contributed by atoms with van der Waals surface area (Å²) in [7, 11) is 0. The van der Waals surface area contributed by atoms with Gasteiger partial charge in [-0.05, 0) is 44.2 Å². The Hall–Kier alpha value is -0.380. The number of halogens is 1. The average molecular weight is 325 g/mol. The topological polar surface area (TPSA) is 29.3 Å². The van der Waals surface area contributed by atoms with Crippen molar-refractivity contribution in [2.24, 2.45) is 11.7 Å². The third kappa shape index (κ3) is 3.39. The van der Waals surface area contributed by atoms with E-state index >= 15 is 0 Å². The van der Waals surface area contributed by atoms with E-state index in [0.29, 0.717) is 12.1 Å². The molecule has 1 heterocycles. The summed E-state index contributed by atoms with van der Waals surface area (Å²) in [6.07, 6.45) is 2.61. The molecule has 4 atom stereocenters. The van der Waals surface area contributed by atoms with Crippen LogP contribution in [-0.4, -0.2) is 23.5 Å². The fourth-order valence-corrected chi connectivity index (χ4v) is 3.71. The van der Waals surface area contributed by atoms with Gasteiger partial charge in [0.2, 0.25) is 0 Å². The van der Waals surface area contributed by atoms with Gasteiger partial charge in [0.15, 0.2) is 0 Å². The number of hydrogen-bond donors (Lipinski definition) is 1. The molecule has 0 aromatic heterocycles. The fraction of sp³-hybridized carbons (Fsp3) is 0.625. The Morgan fingerprint density at radius 1 is 1.26 bits per heavy atom. The molecule has 0 saturated carbocycles. The minimum atomic E-state index is 0.131. The van der Waals surface area contributed by atoms with Crippen molar-refractivity contribution in [2.75, 3.05) is 6.54 Å². The molecule has 0 radical (unpaired) electrons. The molecular weight excluding hydrogens is 300 g/mol. The van der Waals surface area contributed by atoms with Gasteiger partial charge < -0.3 is 5.73 Å². The Morgan fingerprint density at radius 2 is 1.95 bits per heavy atom. The molecule has 1 saturated heterocycles. The third-order valence-corrected chi connectivity index (χ3v) is 4.97. The Bertz CT molecular complexity index is 419. The largest absolute Gasteiger partial charge is 0.326 e. The first-order valence-electron chi connectivity index (χ1n) is 7.26. The highest BCUT2D eigenvalue weighted by Gasteiger charge is 2.32. The Balaban J connectivity index is 2.32. The van der Waals surface area contributed by atoms with Crippen molar-refractivity contribution >= 4 is 15.9 Å². The average Bonchev–Trinajstić information content (AvgIpc) is 2.36. The van der Waals surface area contributed by atoms with Crippen LogP contribution >= 0.6 is 15.9 Å². The quantitative estimate of drug-likeness (QED) is 0.911. The van der Waals surface area contributed by atoms with Gasteiger partial charge in [-0.25, -0.2) is 0 Å². The molecular formula is C16H25BrN2. The molecule has 1 aromatic carbocycles. The molecule has 1 aromatic rings. The molecule has 0 spiro atoms. The first kappa shape index (κ1) is 15.0. The number of likely N-dealkylation sites (tertiary alicyclic amines) is 1. The first-order chi connectivity index (χ1) is 9.00. The van der Waals surface area contributed by atoms with Crippen LogP contribution in [0.4, 0.5) is 0 Å². The van der Waals surface area contributed by atoms with Crippen LogP contribution in [0, 0.1) is 5.92 Å². The second-order valence-electron chi connectivity index (χ2n) is 6.05. The number of rotatable bonds is 3. The molecule has 2 rings (SSSR count). The standard InChI is InChI=1S/C16H25BrN2/c1-11-8-9-12(2)19(10-11)16(13(3)18)14-6-4-5-7-15(14)17/h4-7,11-13,16H,8-10,18H2,1-3H3. The molecule has 0 aliphatic carbocycles. The van der Waals surface area contributed by atoms with E-state index in [2.05, 4.69) is 65.9 Å². The van der Waals surface area contributed by atoms with E-state index in [1.807, 2.05) is 0 Å². The van der Waals surface area contributed by atoms with Crippen LogP contribution in [0.1, 0.15) is 45.2 Å². The van der Waals surface area contributed by atoms with Crippen LogP contribution in [-0.2, 0) is 0 Å². The lowest BCUT2D eigenvalue weighted by Gasteiger charge is -2.44. The zero-order valence-corrected chi connectivity index (χ0v) is 13.7. The summed E-state index contributed by atoms with van der Waals surface area (Å²) in [5.41, 5.74) is 7.63. The van der Waals surface area contributed by atoms with Crippen LogP contribution < -0.4 is 5.73 Å². The van der Waals surface area contributed by atoms with Gasteiger partial charge in [-0.3, -0.25) is 4.90 Å². The molecule has 106 valence electrons. The van der Waals surface area contributed by atoms with Crippen LogP contribution in [0.5, 0.6) is 0 Å². The fourth-order valence-electron chi connectivity index (χ4n) is 3.19. The summed E-state index contributed by atoms with van der Waals surface area (Å²) in [5, 5.41) is 0. The van der Waals surface area contributed by atoms with Gasteiger partial charge in [-0.15, -0.1) is 0 Å². The van der Waals surface area contributed by atoms with E-state index in [1.54, 1.807) is 0 Å². The Labute approximate surface area is 125 Å². The molecule has 0 bridgehead atoms. The van der Waals surface area contributed by atoms with Gasteiger partial charge in [0, 0.05) is 23.1 Å². The molecule has 1 aliphatic rings. The first-order valence-corrected chi connectivity index (χ1v) is 8.05. The lowest BCUT2D eigenvalue weighted by atomic mass is 9.89. The number of nitrogens with two attached hydrogens (primary N) is 1. The molecule has 0 amide bonds. The minimum absolute atomic E-state index is 0.131. The monoisotopic (exact) mass is 324 g/mol. The van der Waals surface area contributed by atoms with E-state index in [-0.39, 0.29) is 6.04 Å². The number of hydrogen-bond acceptors (Lipinski definition) is 2. The van der Waals surface area contributed by atoms with Crippen molar-refractivity contribution in [2.45, 2.75) is 51.7 Å². The maximum Gasteiger partial charge on any atom is 0.0510 e. The van der Waals surface area contributed by atoms with Crippen molar-refractivity contribution in [3.05, 3.63) is 34.3 Å². The van der Waals surface area contributed by atoms with Crippen molar-refractivity contribution in [1.82, 2.24) is 4.90 Å². The molecule has 4 unspecified atom stereocenters. The van der Waals surface area contributed by atoms with Gasteiger partial charge in [-0.2, -0.15) is 0 Å². The zero-order valence-electron chi connectivity index (χ0n) is 12.1. The van der Waals surface area contributed by atoms with Gasteiger partial charge in [0.25, 0.3) is 0 Å². The van der Waals surface area contributed by atoms with Crippen molar-refractivity contribution in [3.8, 4) is 0 Å². The van der Waals surface area contributed by atoms with Gasteiger partial charge in [0.1, 0.15) is 0 Å². The SMILES string of the molecule is CC1CCC(C)N(C(c2ccccc2Br)C(C)N)C1. The van der Waals surface area contributed by atoms with E-state index < -0.39 is 0 Å². The summed E-state index contributed by atoms with van der Waals surface area (Å²) >= 11 is 3.68. The van der Waals surface area contributed by atoms with E-state index in [9.17, 15) is 0 Å². The number of piperidine rings is 1. The van der Waals surface area contributed by atoms with Crippen molar-refractivity contribution < 1.29 is 0 Å². The van der Waals surface area contributed by atoms with Crippen LogP contribution in [0.15, 0.2) is 28.7 Å². The molecule has 19 heavy (non-hydrogen) atoms. The lowest BCUT2D eigenvalue weighted by Crippen LogP contribution is -2.48. The summed E-state index contributed by atoms with van der Waals surface area (Å²) in [6, 6.07) is 9.52. The maximum atomic E-state index is 6.31. The van der Waals surface area contributed by atoms with Gasteiger partial charge in [-0.1, -0.05) is 41.1 Å². The molecule has 1 aliphatic heterocycles. The highest BCUT2D eigenvalue weighted by molar-refractivity contribution is 9.10. The predicted octanol–water partition coefficient (Wildman–Crippen LogP) is 3.96.